The van der Waals surface area contributed by atoms with Crippen LogP contribution >= 0.6 is 0 Å². The predicted molar refractivity (Wildman–Crippen MR) is 133 cm³/mol. The van der Waals surface area contributed by atoms with Gasteiger partial charge in [0.2, 0.25) is 5.91 Å². The van der Waals surface area contributed by atoms with Crippen LogP contribution < -0.4 is 5.32 Å². The van der Waals surface area contributed by atoms with Gasteiger partial charge in [0.25, 0.3) is 0 Å². The van der Waals surface area contributed by atoms with Crippen LogP contribution in [-0.4, -0.2) is 52.2 Å². The Labute approximate surface area is 206 Å². The smallest absolute Gasteiger partial charge is 0.407 e. The van der Waals surface area contributed by atoms with E-state index in [0.717, 1.165) is 35.1 Å². The van der Waals surface area contributed by atoms with Crippen LogP contribution in [0, 0.1) is 0 Å². The second-order valence-corrected chi connectivity index (χ2v) is 10.7. The third-order valence-corrected chi connectivity index (χ3v) is 7.17. The molecule has 0 atom stereocenters. The molecule has 0 bridgehead atoms. The Morgan fingerprint density at radius 1 is 1.00 bits per heavy atom. The largest absolute Gasteiger partial charge is 0.480 e. The number of nitrogens with zero attached hydrogens (tertiary/aromatic N) is 1. The van der Waals surface area contributed by atoms with Crippen molar-refractivity contribution in [2.45, 2.75) is 69.9 Å². The topological polar surface area (TPSA) is 95.9 Å². The molecule has 186 valence electrons. The van der Waals surface area contributed by atoms with E-state index < -0.39 is 23.1 Å². The van der Waals surface area contributed by atoms with E-state index >= 15 is 0 Å². The number of hydrogen-bond acceptors (Lipinski definition) is 4. The maximum absolute atomic E-state index is 13.2. The number of fused-ring (bicyclic) bond motifs is 3. The van der Waals surface area contributed by atoms with Gasteiger partial charge in [0.1, 0.15) is 13.2 Å². The molecule has 0 radical (unpaired) electrons. The molecule has 0 spiro atoms. The number of carbonyl (C=O) groups excluding carboxylic acids is 2. The van der Waals surface area contributed by atoms with E-state index in [1.165, 1.54) is 4.90 Å². The average molecular weight is 479 g/mol. The number of ether oxygens (including phenoxy) is 1. The molecule has 2 aromatic rings. The molecule has 35 heavy (non-hydrogen) atoms. The van der Waals surface area contributed by atoms with Crippen LogP contribution in [0.5, 0.6) is 0 Å². The zero-order chi connectivity index (χ0) is 25.2. The van der Waals surface area contributed by atoms with Crippen molar-refractivity contribution in [1.29, 1.82) is 0 Å². The molecule has 1 saturated carbocycles. The molecular weight excluding hydrogens is 444 g/mol. The monoisotopic (exact) mass is 478 g/mol. The van der Waals surface area contributed by atoms with Gasteiger partial charge in [0.05, 0.1) is 12.0 Å². The molecule has 0 aliphatic heterocycles. The molecule has 2 N–H and O–H groups in total. The first-order valence-corrected chi connectivity index (χ1v) is 12.3. The van der Waals surface area contributed by atoms with E-state index in [2.05, 4.69) is 29.6 Å². The normalized spacial score (nSPS) is 16.3. The molecule has 2 aliphatic carbocycles. The molecule has 7 nitrogen and oxygen atoms in total. The van der Waals surface area contributed by atoms with Gasteiger partial charge in [-0.2, -0.15) is 0 Å². The van der Waals surface area contributed by atoms with Crippen molar-refractivity contribution in [2.75, 3.05) is 13.2 Å². The van der Waals surface area contributed by atoms with E-state index in [-0.39, 0.29) is 31.4 Å². The Kier molecular flexibility index (Phi) is 6.88. The van der Waals surface area contributed by atoms with E-state index in [1.807, 2.05) is 45.0 Å². The number of carboxylic acids is 1. The van der Waals surface area contributed by atoms with Crippen LogP contribution in [-0.2, 0) is 14.3 Å². The zero-order valence-electron chi connectivity index (χ0n) is 20.7. The number of aliphatic carboxylic acids is 1. The van der Waals surface area contributed by atoms with Gasteiger partial charge in [-0.15, -0.1) is 0 Å². The molecule has 7 heteroatoms. The van der Waals surface area contributed by atoms with Crippen LogP contribution in [0.2, 0.25) is 0 Å². The summed E-state index contributed by atoms with van der Waals surface area (Å²) in [6, 6.07) is 16.3. The standard InChI is InChI=1S/C28H34N2O5/c1-27(2,3)30(17-25(32)33)24(31)16-28(14-8-9-15-28)29-26(34)35-18-23-21-12-6-4-10-19(21)20-11-5-7-13-22(20)23/h4-7,10-13,23H,8-9,14-18H2,1-3H3,(H,29,34)(H,32,33). The van der Waals surface area contributed by atoms with Crippen molar-refractivity contribution >= 4 is 18.0 Å². The van der Waals surface area contributed by atoms with Crippen molar-refractivity contribution in [1.82, 2.24) is 10.2 Å². The zero-order valence-corrected chi connectivity index (χ0v) is 20.7. The highest BCUT2D eigenvalue weighted by molar-refractivity contribution is 5.84. The number of carbonyl (C=O) groups is 3. The van der Waals surface area contributed by atoms with Crippen LogP contribution in [0.1, 0.15) is 69.9 Å². The molecule has 4 rings (SSSR count). The molecule has 0 unspecified atom stereocenters. The quantitative estimate of drug-likeness (QED) is 0.588. The fourth-order valence-electron chi connectivity index (χ4n) is 5.47. The highest BCUT2D eigenvalue weighted by Crippen LogP contribution is 2.44. The summed E-state index contributed by atoms with van der Waals surface area (Å²) in [5.41, 5.74) is 3.25. The minimum Gasteiger partial charge on any atom is -0.480 e. The molecule has 0 aromatic heterocycles. The summed E-state index contributed by atoms with van der Waals surface area (Å²) in [5.74, 6) is -1.37. The lowest BCUT2D eigenvalue weighted by molar-refractivity contribution is -0.149. The number of rotatable bonds is 7. The summed E-state index contributed by atoms with van der Waals surface area (Å²) >= 11 is 0. The van der Waals surface area contributed by atoms with Crippen molar-refractivity contribution in [3.8, 4) is 11.1 Å². The predicted octanol–water partition coefficient (Wildman–Crippen LogP) is 4.94. The van der Waals surface area contributed by atoms with E-state index in [9.17, 15) is 19.5 Å². The Hall–Kier alpha value is -3.35. The average Bonchev–Trinajstić information content (AvgIpc) is 3.37. The second kappa shape index (κ2) is 9.72. The summed E-state index contributed by atoms with van der Waals surface area (Å²) in [7, 11) is 0. The number of nitrogens with one attached hydrogen (secondary N) is 1. The fourth-order valence-corrected chi connectivity index (χ4v) is 5.47. The second-order valence-electron chi connectivity index (χ2n) is 10.7. The van der Waals surface area contributed by atoms with Gasteiger partial charge >= 0.3 is 12.1 Å². The number of benzene rings is 2. The molecule has 2 amide bonds. The number of hydrogen-bond donors (Lipinski definition) is 2. The lowest BCUT2D eigenvalue weighted by Crippen LogP contribution is -2.54. The Balaban J connectivity index is 1.44. The molecular formula is C28H34N2O5. The van der Waals surface area contributed by atoms with E-state index in [0.29, 0.717) is 12.8 Å². The van der Waals surface area contributed by atoms with Crippen LogP contribution in [0.4, 0.5) is 4.79 Å². The van der Waals surface area contributed by atoms with Gasteiger partial charge in [-0.05, 0) is 55.9 Å². The van der Waals surface area contributed by atoms with Gasteiger partial charge in [0, 0.05) is 11.5 Å². The Morgan fingerprint density at radius 2 is 1.54 bits per heavy atom. The van der Waals surface area contributed by atoms with Crippen LogP contribution in [0.3, 0.4) is 0 Å². The first-order valence-electron chi connectivity index (χ1n) is 12.3. The lowest BCUT2D eigenvalue weighted by atomic mass is 9.91. The van der Waals surface area contributed by atoms with Gasteiger partial charge in [-0.1, -0.05) is 61.4 Å². The molecule has 2 aliphatic rings. The van der Waals surface area contributed by atoms with Crippen molar-refractivity contribution in [3.05, 3.63) is 59.7 Å². The van der Waals surface area contributed by atoms with E-state index in [1.54, 1.807) is 0 Å². The Morgan fingerprint density at radius 3 is 2.06 bits per heavy atom. The van der Waals surface area contributed by atoms with Gasteiger partial charge in [-0.25, -0.2) is 4.79 Å². The summed E-state index contributed by atoms with van der Waals surface area (Å²) in [4.78, 5) is 38.9. The molecule has 0 saturated heterocycles. The third kappa shape index (κ3) is 5.34. The first-order chi connectivity index (χ1) is 16.6. The maximum Gasteiger partial charge on any atom is 0.407 e. The van der Waals surface area contributed by atoms with Gasteiger partial charge in [-0.3, -0.25) is 9.59 Å². The minimum absolute atomic E-state index is 0.0405. The molecule has 0 heterocycles. The number of amides is 2. The molecule has 1 fully saturated rings. The fraction of sp³-hybridized carbons (Fsp3) is 0.464. The third-order valence-electron chi connectivity index (χ3n) is 7.17. The van der Waals surface area contributed by atoms with Crippen molar-refractivity contribution in [3.63, 3.8) is 0 Å². The van der Waals surface area contributed by atoms with Crippen molar-refractivity contribution in [2.24, 2.45) is 0 Å². The van der Waals surface area contributed by atoms with Crippen LogP contribution in [0.25, 0.3) is 11.1 Å². The number of carboxylic acid groups (broad SMARTS) is 1. The summed E-state index contributed by atoms with van der Waals surface area (Å²) < 4.78 is 5.73. The first kappa shape index (κ1) is 24.8. The van der Waals surface area contributed by atoms with E-state index in [4.69, 9.17) is 4.74 Å². The Bertz CT molecular complexity index is 1070. The highest BCUT2D eigenvalue weighted by Gasteiger charge is 2.41. The van der Waals surface area contributed by atoms with Crippen LogP contribution in [0.15, 0.2) is 48.5 Å². The lowest BCUT2D eigenvalue weighted by Gasteiger charge is -2.38. The van der Waals surface area contributed by atoms with Gasteiger partial charge in [0.15, 0.2) is 0 Å². The molecule has 2 aromatic carbocycles. The summed E-state index contributed by atoms with van der Waals surface area (Å²) in [6.07, 6.45) is 2.63. The maximum atomic E-state index is 13.2. The highest BCUT2D eigenvalue weighted by atomic mass is 16.5. The summed E-state index contributed by atoms with van der Waals surface area (Å²) in [5, 5.41) is 12.3. The SMILES string of the molecule is CC(C)(C)N(CC(=O)O)C(=O)CC1(NC(=O)OCC2c3ccccc3-c3ccccc32)CCCC1. The van der Waals surface area contributed by atoms with Gasteiger partial charge < -0.3 is 20.1 Å². The van der Waals surface area contributed by atoms with Crippen molar-refractivity contribution < 1.29 is 24.2 Å². The summed E-state index contributed by atoms with van der Waals surface area (Å²) in [6.45, 7) is 5.27. The number of alkyl carbamates (subject to hydrolysis) is 1. The minimum atomic E-state index is -1.06.